The van der Waals surface area contributed by atoms with Gasteiger partial charge in [-0.1, -0.05) is 12.1 Å². The Morgan fingerprint density at radius 3 is 1.58 bits per heavy atom. The average Bonchev–Trinajstić information content (AvgIpc) is 4.03. The predicted molar refractivity (Wildman–Crippen MR) is 263 cm³/mol. The first-order valence-corrected chi connectivity index (χ1v) is 24.2. The summed E-state index contributed by atoms with van der Waals surface area (Å²) in [5.41, 5.74) is 3.69. The molecular weight excluding hydrogens is 965 g/mol. The first kappa shape index (κ1) is 48.5. The molecule has 5 aromatic heterocycles. The van der Waals surface area contributed by atoms with Crippen LogP contribution in [0.15, 0.2) is 80.7 Å². The Bertz CT molecular complexity index is 2800. The third-order valence-corrected chi connectivity index (χ3v) is 12.6. The van der Waals surface area contributed by atoms with E-state index in [-0.39, 0.29) is 29.5 Å². The van der Waals surface area contributed by atoms with Crippen molar-refractivity contribution in [2.24, 2.45) is 0 Å². The molecule has 0 atom stereocenters. The van der Waals surface area contributed by atoms with Gasteiger partial charge >= 0.3 is 17.9 Å². The number of hydrogen-bond donors (Lipinski definition) is 2. The highest BCUT2D eigenvalue weighted by atomic mass is 79.9. The van der Waals surface area contributed by atoms with Crippen LogP contribution in [0.2, 0.25) is 0 Å². The van der Waals surface area contributed by atoms with Gasteiger partial charge < -0.3 is 39.7 Å². The van der Waals surface area contributed by atoms with Crippen molar-refractivity contribution >= 4 is 96.4 Å². The molecule has 0 radical (unpaired) electrons. The Hall–Kier alpha value is -6.39. The number of fused-ring (bicyclic) bond motifs is 1. The number of benzene rings is 1. The number of aromatic nitrogens is 6. The number of piperazine rings is 2. The minimum atomic E-state index is -0.548. The number of carbonyl (C=O) groups is 4. The largest absolute Gasteiger partial charge is 0.444 e. The number of hydrogen-bond acceptors (Lipinski definition) is 15. The van der Waals surface area contributed by atoms with Crippen molar-refractivity contribution in [3.05, 3.63) is 97.7 Å². The molecule has 0 saturated carbocycles. The fourth-order valence-corrected chi connectivity index (χ4v) is 9.13. The van der Waals surface area contributed by atoms with Crippen LogP contribution in [0.4, 0.5) is 32.3 Å². The molecule has 2 aliphatic heterocycles. The van der Waals surface area contributed by atoms with E-state index in [0.29, 0.717) is 85.0 Å². The number of pyridine rings is 2. The Balaban J connectivity index is 0.000000210. The van der Waals surface area contributed by atoms with Crippen LogP contribution in [0.5, 0.6) is 0 Å². The zero-order valence-corrected chi connectivity index (χ0v) is 41.5. The van der Waals surface area contributed by atoms with E-state index < -0.39 is 17.1 Å². The molecule has 0 bridgehead atoms. The molecule has 354 valence electrons. The maximum absolute atomic E-state index is 13.2. The highest BCUT2D eigenvalue weighted by molar-refractivity contribution is 9.11. The molecule has 0 unspecified atom stereocenters. The Morgan fingerprint density at radius 1 is 0.672 bits per heavy atom. The third-order valence-electron chi connectivity index (χ3n) is 10.4. The van der Waals surface area contributed by atoms with E-state index in [1.165, 1.54) is 22.7 Å². The summed E-state index contributed by atoms with van der Waals surface area (Å²) >= 11 is 5.85. The molecule has 8 rings (SSSR count). The van der Waals surface area contributed by atoms with E-state index in [4.69, 9.17) is 9.47 Å². The zero-order chi connectivity index (χ0) is 48.0. The first-order valence-electron chi connectivity index (χ1n) is 21.6. The van der Waals surface area contributed by atoms with Gasteiger partial charge in [-0.2, -0.15) is 0 Å². The summed E-state index contributed by atoms with van der Waals surface area (Å²) in [6.45, 7) is 18.1. The van der Waals surface area contributed by atoms with Crippen LogP contribution in [0, 0.1) is 0 Å². The molecule has 0 aliphatic carbocycles. The zero-order valence-electron chi connectivity index (χ0n) is 38.3. The maximum Gasteiger partial charge on any atom is 0.410 e. The number of ether oxygens (including phenoxy) is 2. The molecule has 67 heavy (non-hydrogen) atoms. The molecular formula is C45H53BrN12O7S2. The van der Waals surface area contributed by atoms with E-state index in [0.717, 1.165) is 22.4 Å². The fourth-order valence-electron chi connectivity index (χ4n) is 7.33. The molecule has 2 N–H and O–H groups in total. The Labute approximate surface area is 403 Å². The molecule has 2 saturated heterocycles. The number of carbonyl (C=O) groups excluding carboxylic acids is 4. The second-order valence-electron chi connectivity index (χ2n) is 17.5. The smallest absolute Gasteiger partial charge is 0.410 e. The summed E-state index contributed by atoms with van der Waals surface area (Å²) in [4.78, 5) is 88.0. The molecule has 7 heterocycles. The molecule has 2 fully saturated rings. The number of nitrogens with zero attached hydrogens (tertiary/aromatic N) is 10. The van der Waals surface area contributed by atoms with Gasteiger partial charge in [0.05, 0.1) is 46.2 Å². The third kappa shape index (κ3) is 12.0. The molecule has 4 amide bonds. The first-order chi connectivity index (χ1) is 31.9. The topological polar surface area (TPSA) is 202 Å². The normalized spacial score (nSPS) is 14.3. The standard InChI is InChI=1S/C27H31N7O4S.C18H22BrN5O3S/c1-5-33-21-8-6-7-9-22(21)34(25(33)36)24-30-19(17-39-24)23(35)29-18-16-28-11-10-20(18)31-12-14-32(15-13-31)26(37)38-27(2,3)4;1-18(2,3)27-17(26)24-8-6-23(7-9-24)14-4-5-20-10-12(14)21-15(25)13-11-28-16(19)22-13/h6-11,16-17H,5,12-15H2,1-4H3,(H,29,35);4-5,10-11H,6-9H2,1-3H3,(H,21,25). The lowest BCUT2D eigenvalue weighted by Gasteiger charge is -2.37. The second-order valence-corrected chi connectivity index (χ2v) is 20.4. The quantitative estimate of drug-likeness (QED) is 0.151. The van der Waals surface area contributed by atoms with Crippen LogP contribution in [-0.4, -0.2) is 126 Å². The predicted octanol–water partition coefficient (Wildman–Crippen LogP) is 7.58. The number of anilines is 4. The van der Waals surface area contributed by atoms with Crippen LogP contribution >= 0.6 is 38.6 Å². The average molecular weight is 1020 g/mol. The fraction of sp³-hybridized carbons (Fsp3) is 0.400. The van der Waals surface area contributed by atoms with Crippen molar-refractivity contribution in [3.8, 4) is 5.13 Å². The maximum atomic E-state index is 13.2. The molecule has 6 aromatic rings. The number of thiazole rings is 2. The van der Waals surface area contributed by atoms with Crippen LogP contribution in [0.3, 0.4) is 0 Å². The van der Waals surface area contributed by atoms with Gasteiger partial charge in [-0.3, -0.25) is 24.1 Å². The summed E-state index contributed by atoms with van der Waals surface area (Å²) < 4.78 is 14.8. The van der Waals surface area contributed by atoms with Gasteiger partial charge in [-0.25, -0.2) is 28.9 Å². The van der Waals surface area contributed by atoms with Crippen molar-refractivity contribution in [1.29, 1.82) is 0 Å². The lowest BCUT2D eigenvalue weighted by Crippen LogP contribution is -2.50. The van der Waals surface area contributed by atoms with E-state index >= 15 is 0 Å². The number of rotatable bonds is 8. The number of nitrogens with one attached hydrogen (secondary N) is 2. The number of aryl methyl sites for hydroxylation is 1. The lowest BCUT2D eigenvalue weighted by molar-refractivity contribution is 0.0230. The lowest BCUT2D eigenvalue weighted by atomic mass is 10.2. The number of halogens is 1. The number of amides is 4. The monoisotopic (exact) mass is 1020 g/mol. The van der Waals surface area contributed by atoms with Gasteiger partial charge in [-0.15, -0.1) is 22.7 Å². The summed E-state index contributed by atoms with van der Waals surface area (Å²) in [6, 6.07) is 11.2. The molecule has 22 heteroatoms. The minimum absolute atomic E-state index is 0.194. The Morgan fingerprint density at radius 2 is 1.13 bits per heavy atom. The molecule has 2 aliphatic rings. The van der Waals surface area contributed by atoms with Gasteiger partial charge in [0.25, 0.3) is 11.8 Å². The van der Waals surface area contributed by atoms with Gasteiger partial charge in [0.1, 0.15) is 22.6 Å². The van der Waals surface area contributed by atoms with Gasteiger partial charge in [0.15, 0.2) is 9.05 Å². The highest BCUT2D eigenvalue weighted by Crippen LogP contribution is 2.29. The van der Waals surface area contributed by atoms with Crippen molar-refractivity contribution in [2.45, 2.75) is 66.2 Å². The van der Waals surface area contributed by atoms with Crippen LogP contribution in [0.1, 0.15) is 69.4 Å². The summed E-state index contributed by atoms with van der Waals surface area (Å²) in [7, 11) is 0. The van der Waals surface area contributed by atoms with Crippen molar-refractivity contribution in [3.63, 3.8) is 0 Å². The Kier molecular flexibility index (Phi) is 15.0. The minimum Gasteiger partial charge on any atom is -0.444 e. The van der Waals surface area contributed by atoms with E-state index in [1.807, 2.05) is 84.9 Å². The summed E-state index contributed by atoms with van der Waals surface area (Å²) in [5, 5.41) is 9.56. The SMILES string of the molecule is CC(C)(C)OC(=O)N1CCN(c2ccncc2NC(=O)c2csc(Br)n2)CC1.CCn1c(=O)n(-c2nc(C(=O)Nc3cnccc3N3CCN(C(=O)OC(C)(C)C)CC3)cs2)c2ccccc21. The van der Waals surface area contributed by atoms with Crippen LogP contribution < -0.4 is 26.1 Å². The van der Waals surface area contributed by atoms with Gasteiger partial charge in [0, 0.05) is 82.1 Å². The number of para-hydroxylation sites is 2. The van der Waals surface area contributed by atoms with E-state index in [2.05, 4.69) is 56.3 Å². The van der Waals surface area contributed by atoms with E-state index in [1.54, 1.807) is 54.5 Å². The molecule has 19 nitrogen and oxygen atoms in total. The van der Waals surface area contributed by atoms with Gasteiger partial charge in [-0.05, 0) is 88.7 Å². The van der Waals surface area contributed by atoms with Gasteiger partial charge in [0.2, 0.25) is 0 Å². The number of imidazole rings is 1. The van der Waals surface area contributed by atoms with E-state index in [9.17, 15) is 24.0 Å². The summed E-state index contributed by atoms with van der Waals surface area (Å²) in [6.07, 6.45) is 5.94. The molecule has 1 aromatic carbocycles. The highest BCUT2D eigenvalue weighted by Gasteiger charge is 2.29. The van der Waals surface area contributed by atoms with Crippen LogP contribution in [0.25, 0.3) is 16.2 Å². The second kappa shape index (κ2) is 20.6. The molecule has 0 spiro atoms. The van der Waals surface area contributed by atoms with Crippen molar-refractivity contribution < 1.29 is 28.7 Å². The summed E-state index contributed by atoms with van der Waals surface area (Å²) in [5.74, 6) is -0.685. The van der Waals surface area contributed by atoms with Crippen molar-refractivity contribution in [1.82, 2.24) is 38.9 Å². The van der Waals surface area contributed by atoms with Crippen molar-refractivity contribution in [2.75, 3.05) is 72.8 Å². The van der Waals surface area contributed by atoms with Crippen LogP contribution in [-0.2, 0) is 16.0 Å².